The standard InChI is InChI=1S/C11H14ClO/c1-9(8-12)6-10-4-3-5-11(7-10)13-2/h3-5,7H,6,8H2,1-2H3. The van der Waals surface area contributed by atoms with Gasteiger partial charge in [0, 0.05) is 5.88 Å². The van der Waals surface area contributed by atoms with Gasteiger partial charge in [0.1, 0.15) is 5.75 Å². The SMILES string of the molecule is COc1cccc(C[C](C)CCl)c1. The first-order valence-corrected chi connectivity index (χ1v) is 4.80. The summed E-state index contributed by atoms with van der Waals surface area (Å²) in [6.07, 6.45) is 0.931. The average molecular weight is 198 g/mol. The van der Waals surface area contributed by atoms with Gasteiger partial charge in [-0.25, -0.2) is 0 Å². The molecule has 0 heterocycles. The highest BCUT2D eigenvalue weighted by Gasteiger charge is 2.02. The molecular weight excluding hydrogens is 184 g/mol. The van der Waals surface area contributed by atoms with E-state index in [0.717, 1.165) is 12.2 Å². The minimum Gasteiger partial charge on any atom is -0.497 e. The zero-order valence-electron chi connectivity index (χ0n) is 8.01. The van der Waals surface area contributed by atoms with Gasteiger partial charge >= 0.3 is 0 Å². The van der Waals surface area contributed by atoms with E-state index in [4.69, 9.17) is 16.3 Å². The molecular formula is C11H14ClO. The van der Waals surface area contributed by atoms with Crippen LogP contribution < -0.4 is 4.74 Å². The second-order valence-corrected chi connectivity index (χ2v) is 3.39. The zero-order chi connectivity index (χ0) is 9.68. The molecule has 1 nitrogen and oxygen atoms in total. The highest BCUT2D eigenvalue weighted by atomic mass is 35.5. The van der Waals surface area contributed by atoms with Crippen LogP contribution in [-0.2, 0) is 6.42 Å². The molecule has 1 rings (SSSR count). The molecule has 0 N–H and O–H groups in total. The van der Waals surface area contributed by atoms with E-state index in [2.05, 4.69) is 13.0 Å². The molecule has 0 aliphatic rings. The summed E-state index contributed by atoms with van der Waals surface area (Å²) in [5.74, 6) is 2.80. The summed E-state index contributed by atoms with van der Waals surface area (Å²) in [5, 5.41) is 0. The summed E-state index contributed by atoms with van der Waals surface area (Å²) in [6.45, 7) is 2.06. The van der Waals surface area contributed by atoms with Crippen LogP contribution in [-0.4, -0.2) is 13.0 Å². The van der Waals surface area contributed by atoms with Gasteiger partial charge in [0.05, 0.1) is 7.11 Å². The predicted octanol–water partition coefficient (Wildman–Crippen LogP) is 3.07. The number of ether oxygens (including phenoxy) is 1. The van der Waals surface area contributed by atoms with Gasteiger partial charge in [-0.2, -0.15) is 0 Å². The predicted molar refractivity (Wildman–Crippen MR) is 56.3 cm³/mol. The Morgan fingerprint density at radius 3 is 2.85 bits per heavy atom. The van der Waals surface area contributed by atoms with E-state index in [1.54, 1.807) is 7.11 Å². The molecule has 1 aromatic rings. The summed E-state index contributed by atoms with van der Waals surface area (Å²) in [4.78, 5) is 0. The van der Waals surface area contributed by atoms with Crippen molar-refractivity contribution in [3.05, 3.63) is 35.7 Å². The minimum atomic E-state index is 0.622. The molecule has 0 bridgehead atoms. The number of methoxy groups -OCH3 is 1. The van der Waals surface area contributed by atoms with Gasteiger partial charge in [-0.3, -0.25) is 0 Å². The Labute approximate surface area is 84.7 Å². The van der Waals surface area contributed by atoms with Crippen LogP contribution in [0, 0.1) is 5.92 Å². The second-order valence-electron chi connectivity index (χ2n) is 3.12. The summed E-state index contributed by atoms with van der Waals surface area (Å²) in [6, 6.07) is 8.06. The van der Waals surface area contributed by atoms with Crippen LogP contribution in [0.15, 0.2) is 24.3 Å². The van der Waals surface area contributed by atoms with Crippen LogP contribution in [0.3, 0.4) is 0 Å². The maximum absolute atomic E-state index is 5.71. The molecule has 0 saturated heterocycles. The van der Waals surface area contributed by atoms with Crippen LogP contribution in [0.25, 0.3) is 0 Å². The topological polar surface area (TPSA) is 9.23 Å². The minimum absolute atomic E-state index is 0.622. The Balaban J connectivity index is 2.66. The smallest absolute Gasteiger partial charge is 0.119 e. The number of benzene rings is 1. The molecule has 0 amide bonds. The Bertz CT molecular complexity index is 260. The number of halogens is 1. The molecule has 0 spiro atoms. The van der Waals surface area contributed by atoms with Crippen molar-refractivity contribution >= 4 is 11.6 Å². The highest BCUT2D eigenvalue weighted by molar-refractivity contribution is 6.19. The molecule has 13 heavy (non-hydrogen) atoms. The van der Waals surface area contributed by atoms with Crippen molar-refractivity contribution in [3.63, 3.8) is 0 Å². The Kier molecular flexibility index (Phi) is 4.10. The molecule has 0 atom stereocenters. The molecule has 0 fully saturated rings. The third-order valence-electron chi connectivity index (χ3n) is 1.87. The maximum Gasteiger partial charge on any atom is 0.119 e. The van der Waals surface area contributed by atoms with E-state index >= 15 is 0 Å². The van der Waals surface area contributed by atoms with Crippen molar-refractivity contribution in [2.75, 3.05) is 13.0 Å². The zero-order valence-corrected chi connectivity index (χ0v) is 8.77. The molecule has 0 aliphatic heterocycles. The first-order valence-electron chi connectivity index (χ1n) is 4.26. The normalized spacial score (nSPS) is 10.5. The van der Waals surface area contributed by atoms with Crippen molar-refractivity contribution in [1.82, 2.24) is 0 Å². The van der Waals surface area contributed by atoms with E-state index in [1.807, 2.05) is 18.2 Å². The molecule has 0 unspecified atom stereocenters. The van der Waals surface area contributed by atoms with E-state index in [1.165, 1.54) is 11.5 Å². The summed E-state index contributed by atoms with van der Waals surface area (Å²) in [5.41, 5.74) is 1.25. The fourth-order valence-corrected chi connectivity index (χ4v) is 1.27. The second kappa shape index (κ2) is 5.13. The fourth-order valence-electron chi connectivity index (χ4n) is 1.18. The van der Waals surface area contributed by atoms with Gasteiger partial charge in [0.25, 0.3) is 0 Å². The molecule has 1 radical (unpaired) electrons. The van der Waals surface area contributed by atoms with Gasteiger partial charge in [-0.1, -0.05) is 19.1 Å². The van der Waals surface area contributed by atoms with Crippen LogP contribution in [0.5, 0.6) is 5.75 Å². The van der Waals surface area contributed by atoms with E-state index in [9.17, 15) is 0 Å². The molecule has 1 aromatic carbocycles. The van der Waals surface area contributed by atoms with Crippen molar-refractivity contribution in [2.45, 2.75) is 13.3 Å². The maximum atomic E-state index is 5.71. The lowest BCUT2D eigenvalue weighted by atomic mass is 10.0. The van der Waals surface area contributed by atoms with Gasteiger partial charge in [0.2, 0.25) is 0 Å². The molecule has 0 saturated carbocycles. The van der Waals surface area contributed by atoms with Crippen molar-refractivity contribution in [3.8, 4) is 5.75 Å². The third-order valence-corrected chi connectivity index (χ3v) is 2.32. The Morgan fingerprint density at radius 1 is 1.46 bits per heavy atom. The number of alkyl halides is 1. The van der Waals surface area contributed by atoms with Gasteiger partial charge in [0.15, 0.2) is 0 Å². The lowest BCUT2D eigenvalue weighted by Crippen LogP contribution is -1.98. The van der Waals surface area contributed by atoms with Crippen LogP contribution in [0.1, 0.15) is 12.5 Å². The quantitative estimate of drug-likeness (QED) is 0.675. The van der Waals surface area contributed by atoms with Crippen LogP contribution >= 0.6 is 11.6 Å². The Morgan fingerprint density at radius 2 is 2.23 bits per heavy atom. The number of hydrogen-bond acceptors (Lipinski definition) is 1. The van der Waals surface area contributed by atoms with Crippen LogP contribution in [0.4, 0.5) is 0 Å². The number of rotatable bonds is 4. The first kappa shape index (κ1) is 10.4. The lowest BCUT2D eigenvalue weighted by molar-refractivity contribution is 0.414. The molecule has 0 aromatic heterocycles. The Hall–Kier alpha value is -0.690. The lowest BCUT2D eigenvalue weighted by Gasteiger charge is -2.07. The average Bonchev–Trinajstić information content (AvgIpc) is 2.18. The van der Waals surface area contributed by atoms with Crippen molar-refractivity contribution in [2.24, 2.45) is 0 Å². The van der Waals surface area contributed by atoms with Gasteiger partial charge in [-0.05, 0) is 30.0 Å². The van der Waals surface area contributed by atoms with Crippen molar-refractivity contribution in [1.29, 1.82) is 0 Å². The molecule has 0 aliphatic carbocycles. The van der Waals surface area contributed by atoms with Gasteiger partial charge < -0.3 is 4.74 Å². The van der Waals surface area contributed by atoms with E-state index < -0.39 is 0 Å². The largest absolute Gasteiger partial charge is 0.497 e. The summed E-state index contributed by atoms with van der Waals surface area (Å²) in [7, 11) is 1.68. The first-order chi connectivity index (χ1) is 6.26. The van der Waals surface area contributed by atoms with E-state index in [0.29, 0.717) is 5.88 Å². The fraction of sp³-hybridized carbons (Fsp3) is 0.364. The van der Waals surface area contributed by atoms with Gasteiger partial charge in [-0.15, -0.1) is 11.6 Å². The number of hydrogen-bond donors (Lipinski definition) is 0. The molecule has 2 heteroatoms. The van der Waals surface area contributed by atoms with E-state index in [-0.39, 0.29) is 0 Å². The van der Waals surface area contributed by atoms with Crippen LogP contribution in [0.2, 0.25) is 0 Å². The summed E-state index contributed by atoms with van der Waals surface area (Å²) < 4.78 is 5.13. The molecule has 71 valence electrons. The van der Waals surface area contributed by atoms with Crippen molar-refractivity contribution < 1.29 is 4.74 Å². The monoisotopic (exact) mass is 197 g/mol. The summed E-state index contributed by atoms with van der Waals surface area (Å²) >= 11 is 5.71. The highest BCUT2D eigenvalue weighted by Crippen LogP contribution is 2.17. The third kappa shape index (κ3) is 3.27.